The SMILES string of the molecule is CCC(N)c1nnc(SCc2ccc(C(C)(C)C)cc2)n1-c1ccc(OCc2ccccc2)cc1. The van der Waals surface area contributed by atoms with E-state index >= 15 is 0 Å². The van der Waals surface area contributed by atoms with E-state index in [0.29, 0.717) is 6.61 Å². The van der Waals surface area contributed by atoms with Gasteiger partial charge in [-0.05, 0) is 52.8 Å². The molecular formula is C29H34N4OS. The molecule has 4 aromatic rings. The van der Waals surface area contributed by atoms with Crippen molar-refractivity contribution in [2.75, 3.05) is 0 Å². The summed E-state index contributed by atoms with van der Waals surface area (Å²) in [5.74, 6) is 2.40. The number of benzene rings is 3. The molecule has 4 rings (SSSR count). The van der Waals surface area contributed by atoms with Crippen molar-refractivity contribution in [3.05, 3.63) is 101 Å². The van der Waals surface area contributed by atoms with Crippen LogP contribution in [0.2, 0.25) is 0 Å². The van der Waals surface area contributed by atoms with Crippen LogP contribution in [0, 0.1) is 0 Å². The van der Waals surface area contributed by atoms with Crippen molar-refractivity contribution in [2.24, 2.45) is 5.73 Å². The first-order valence-electron chi connectivity index (χ1n) is 12.1. The number of ether oxygens (including phenoxy) is 1. The molecule has 0 aliphatic rings. The van der Waals surface area contributed by atoms with Gasteiger partial charge in [-0.2, -0.15) is 0 Å². The minimum absolute atomic E-state index is 0.147. The van der Waals surface area contributed by atoms with E-state index in [1.54, 1.807) is 11.8 Å². The van der Waals surface area contributed by atoms with Crippen molar-refractivity contribution in [3.63, 3.8) is 0 Å². The van der Waals surface area contributed by atoms with Crippen molar-refractivity contribution >= 4 is 11.8 Å². The zero-order chi connectivity index (χ0) is 24.8. The van der Waals surface area contributed by atoms with Gasteiger partial charge in [-0.1, -0.05) is 94.1 Å². The Kier molecular flexibility index (Phi) is 7.93. The summed E-state index contributed by atoms with van der Waals surface area (Å²) in [4.78, 5) is 0. The Morgan fingerprint density at radius 2 is 1.57 bits per heavy atom. The number of rotatable bonds is 9. The van der Waals surface area contributed by atoms with Gasteiger partial charge in [0.05, 0.1) is 6.04 Å². The Morgan fingerprint density at radius 3 is 2.20 bits per heavy atom. The fourth-order valence-electron chi connectivity index (χ4n) is 3.72. The number of nitrogens with zero attached hydrogens (tertiary/aromatic N) is 3. The van der Waals surface area contributed by atoms with Gasteiger partial charge in [-0.15, -0.1) is 10.2 Å². The molecule has 0 fully saturated rings. The summed E-state index contributed by atoms with van der Waals surface area (Å²) in [6, 6.07) is 26.9. The topological polar surface area (TPSA) is 66.0 Å². The molecule has 0 amide bonds. The number of hydrogen-bond acceptors (Lipinski definition) is 5. The maximum absolute atomic E-state index is 6.40. The van der Waals surface area contributed by atoms with Crippen LogP contribution in [-0.4, -0.2) is 14.8 Å². The van der Waals surface area contributed by atoms with E-state index in [9.17, 15) is 0 Å². The van der Waals surface area contributed by atoms with E-state index in [2.05, 4.69) is 78.9 Å². The zero-order valence-corrected chi connectivity index (χ0v) is 21.8. The van der Waals surface area contributed by atoms with Gasteiger partial charge in [0.2, 0.25) is 0 Å². The molecule has 0 saturated carbocycles. The van der Waals surface area contributed by atoms with Crippen LogP contribution in [0.25, 0.3) is 5.69 Å². The molecule has 0 aliphatic heterocycles. The predicted octanol–water partition coefficient (Wildman–Crippen LogP) is 6.85. The molecule has 1 aromatic heterocycles. The molecule has 0 saturated heterocycles. The molecule has 0 spiro atoms. The third kappa shape index (κ3) is 6.32. The van der Waals surface area contributed by atoms with Gasteiger partial charge in [-0.25, -0.2) is 0 Å². The third-order valence-electron chi connectivity index (χ3n) is 5.96. The maximum atomic E-state index is 6.40. The predicted molar refractivity (Wildman–Crippen MR) is 144 cm³/mol. The van der Waals surface area contributed by atoms with Crippen molar-refractivity contribution in [1.82, 2.24) is 14.8 Å². The van der Waals surface area contributed by atoms with Crippen LogP contribution in [0.15, 0.2) is 84.0 Å². The summed E-state index contributed by atoms with van der Waals surface area (Å²) in [5.41, 5.74) is 11.2. The number of aromatic nitrogens is 3. The van der Waals surface area contributed by atoms with E-state index in [1.165, 1.54) is 11.1 Å². The fourth-order valence-corrected chi connectivity index (χ4v) is 4.64. The maximum Gasteiger partial charge on any atom is 0.196 e. The second kappa shape index (κ2) is 11.1. The van der Waals surface area contributed by atoms with Crippen LogP contribution in [-0.2, 0) is 17.8 Å². The largest absolute Gasteiger partial charge is 0.489 e. The van der Waals surface area contributed by atoms with Gasteiger partial charge in [0.1, 0.15) is 12.4 Å². The average molecular weight is 487 g/mol. The summed E-state index contributed by atoms with van der Waals surface area (Å²) in [6.07, 6.45) is 0.787. The lowest BCUT2D eigenvalue weighted by molar-refractivity contribution is 0.306. The van der Waals surface area contributed by atoms with Crippen molar-refractivity contribution < 1.29 is 4.74 Å². The third-order valence-corrected chi connectivity index (χ3v) is 6.96. The molecular weight excluding hydrogens is 452 g/mol. The summed E-state index contributed by atoms with van der Waals surface area (Å²) in [5, 5.41) is 9.79. The minimum Gasteiger partial charge on any atom is -0.489 e. The van der Waals surface area contributed by atoms with Crippen LogP contribution in [0.4, 0.5) is 0 Å². The number of thioether (sulfide) groups is 1. The van der Waals surface area contributed by atoms with Crippen LogP contribution < -0.4 is 10.5 Å². The van der Waals surface area contributed by atoms with E-state index in [4.69, 9.17) is 10.5 Å². The average Bonchev–Trinajstić information content (AvgIpc) is 3.30. The zero-order valence-electron chi connectivity index (χ0n) is 20.9. The molecule has 0 bridgehead atoms. The monoisotopic (exact) mass is 486 g/mol. The molecule has 1 unspecified atom stereocenters. The highest BCUT2D eigenvalue weighted by atomic mass is 32.2. The quantitative estimate of drug-likeness (QED) is 0.262. The number of nitrogens with two attached hydrogens (primary N) is 1. The first kappa shape index (κ1) is 25.0. The van der Waals surface area contributed by atoms with E-state index in [-0.39, 0.29) is 11.5 Å². The Balaban J connectivity index is 1.51. The molecule has 1 heterocycles. The second-order valence-electron chi connectivity index (χ2n) is 9.69. The van der Waals surface area contributed by atoms with E-state index < -0.39 is 0 Å². The standard InChI is InChI=1S/C29H34N4OS/c1-5-26(30)27-31-32-28(35-20-22-11-13-23(14-12-22)29(2,3)4)33(27)24-15-17-25(18-16-24)34-19-21-9-7-6-8-10-21/h6-18,26H,5,19-20,30H2,1-4H3. The summed E-state index contributed by atoms with van der Waals surface area (Å²) >= 11 is 1.67. The molecule has 3 aromatic carbocycles. The molecule has 182 valence electrons. The van der Waals surface area contributed by atoms with Gasteiger partial charge in [-0.3, -0.25) is 4.57 Å². The molecule has 0 aliphatic carbocycles. The highest BCUT2D eigenvalue weighted by molar-refractivity contribution is 7.98. The molecule has 1 atom stereocenters. The van der Waals surface area contributed by atoms with Crippen LogP contribution >= 0.6 is 11.8 Å². The van der Waals surface area contributed by atoms with Crippen molar-refractivity contribution in [2.45, 2.75) is 63.1 Å². The second-order valence-corrected chi connectivity index (χ2v) is 10.6. The normalized spacial score (nSPS) is 12.5. The highest BCUT2D eigenvalue weighted by Gasteiger charge is 2.19. The van der Waals surface area contributed by atoms with E-state index in [0.717, 1.165) is 40.2 Å². The first-order valence-corrected chi connectivity index (χ1v) is 13.0. The Bertz CT molecular complexity index is 1210. The molecule has 5 nitrogen and oxygen atoms in total. The summed E-state index contributed by atoms with van der Waals surface area (Å²) < 4.78 is 8.03. The Labute approximate surface area is 212 Å². The highest BCUT2D eigenvalue weighted by Crippen LogP contribution is 2.30. The Morgan fingerprint density at radius 1 is 0.886 bits per heavy atom. The van der Waals surface area contributed by atoms with E-state index in [1.807, 2.05) is 42.5 Å². The molecule has 0 radical (unpaired) electrons. The Hall–Kier alpha value is -3.09. The van der Waals surface area contributed by atoms with Gasteiger partial charge < -0.3 is 10.5 Å². The molecule has 6 heteroatoms. The summed E-state index contributed by atoms with van der Waals surface area (Å²) in [6.45, 7) is 9.29. The molecule has 35 heavy (non-hydrogen) atoms. The molecule has 2 N–H and O–H groups in total. The van der Waals surface area contributed by atoms with Gasteiger partial charge >= 0.3 is 0 Å². The van der Waals surface area contributed by atoms with Crippen LogP contribution in [0.1, 0.15) is 62.7 Å². The summed E-state index contributed by atoms with van der Waals surface area (Å²) in [7, 11) is 0. The van der Waals surface area contributed by atoms with Gasteiger partial charge in [0.25, 0.3) is 0 Å². The lowest BCUT2D eigenvalue weighted by Crippen LogP contribution is -2.15. The lowest BCUT2D eigenvalue weighted by Gasteiger charge is -2.19. The van der Waals surface area contributed by atoms with Crippen LogP contribution in [0.5, 0.6) is 5.75 Å². The fraction of sp³-hybridized carbons (Fsp3) is 0.310. The van der Waals surface area contributed by atoms with Gasteiger partial charge in [0.15, 0.2) is 11.0 Å². The number of hydrogen-bond donors (Lipinski definition) is 1. The van der Waals surface area contributed by atoms with Crippen molar-refractivity contribution in [1.29, 1.82) is 0 Å². The minimum atomic E-state index is -0.183. The van der Waals surface area contributed by atoms with Gasteiger partial charge in [0, 0.05) is 11.4 Å². The smallest absolute Gasteiger partial charge is 0.196 e. The van der Waals surface area contributed by atoms with Crippen molar-refractivity contribution in [3.8, 4) is 11.4 Å². The first-order chi connectivity index (χ1) is 16.8. The van der Waals surface area contributed by atoms with Crippen LogP contribution in [0.3, 0.4) is 0 Å². The lowest BCUT2D eigenvalue weighted by atomic mass is 9.87.